The number of fused-ring (bicyclic) bond motifs is 8. The topological polar surface area (TPSA) is 191 Å². The van der Waals surface area contributed by atoms with Crippen molar-refractivity contribution in [3.63, 3.8) is 0 Å². The average Bonchev–Trinajstić information content (AvgIpc) is 3.68. The van der Waals surface area contributed by atoms with Gasteiger partial charge in [0.05, 0.1) is 24.2 Å². The van der Waals surface area contributed by atoms with Crippen molar-refractivity contribution < 1.29 is 66.3 Å². The molecule has 3 heterocycles. The van der Waals surface area contributed by atoms with E-state index in [1.165, 1.54) is 25.3 Å². The first-order valence-electron chi connectivity index (χ1n) is 25.9. The molecule has 18 heteroatoms. The number of hydrogen-bond donors (Lipinski definition) is 2. The number of benzene rings is 1. The quantitative estimate of drug-likeness (QED) is 0.0745. The van der Waals surface area contributed by atoms with Crippen LogP contribution in [0.25, 0.3) is 0 Å². The number of aromatic nitrogens is 1. The van der Waals surface area contributed by atoms with Gasteiger partial charge >= 0.3 is 24.0 Å². The maximum atomic E-state index is 16.3. The van der Waals surface area contributed by atoms with Crippen molar-refractivity contribution >= 4 is 32.3 Å². The van der Waals surface area contributed by atoms with Gasteiger partial charge in [-0.25, -0.2) is 18.8 Å². The number of pyridine rings is 1. The van der Waals surface area contributed by atoms with Crippen molar-refractivity contribution in [2.45, 2.75) is 199 Å². The van der Waals surface area contributed by atoms with E-state index in [0.717, 1.165) is 0 Å². The van der Waals surface area contributed by atoms with E-state index >= 15 is 9.18 Å². The molecule has 16 nitrogen and oxygen atoms in total. The monoisotopic (exact) mass is 1040 g/mol. The molecule has 2 N–H and O–H groups in total. The smallest absolute Gasteiger partial charge is 0.408 e. The van der Waals surface area contributed by atoms with Crippen molar-refractivity contribution in [3.05, 3.63) is 76.9 Å². The van der Waals surface area contributed by atoms with Crippen LogP contribution in [0.3, 0.4) is 0 Å². The summed E-state index contributed by atoms with van der Waals surface area (Å²) < 4.78 is 69.7. The maximum Gasteiger partial charge on any atom is 0.408 e. The molecule has 7 rings (SSSR count). The summed E-state index contributed by atoms with van der Waals surface area (Å²) in [4.78, 5) is 64.2. The number of amides is 1. The van der Waals surface area contributed by atoms with Crippen molar-refractivity contribution in [3.8, 4) is 0 Å². The number of likely N-dealkylation sites (N-methyl/N-ethyl adjacent to an activating group) is 1. The minimum absolute atomic E-state index is 0.0464. The Morgan fingerprint density at radius 1 is 0.959 bits per heavy atom. The average molecular weight is 1040 g/mol. The van der Waals surface area contributed by atoms with Crippen LogP contribution in [-0.4, -0.2) is 134 Å². The number of alkyl carbamates (subject to hydrolysis) is 1. The first-order valence-corrected chi connectivity index (χ1v) is 28.0. The molecule has 1 aromatic heterocycles. The lowest BCUT2D eigenvalue weighted by molar-refractivity contribution is -0.345. The molecule has 4 fully saturated rings. The number of hydrogen-bond acceptors (Lipinski definition) is 15. The maximum absolute atomic E-state index is 16.3. The highest BCUT2D eigenvalue weighted by molar-refractivity contribution is 6.77. The van der Waals surface area contributed by atoms with Gasteiger partial charge in [-0.2, -0.15) is 0 Å². The number of nitrogens with zero attached hydrogens (tertiary/aromatic N) is 2. The van der Waals surface area contributed by atoms with Crippen LogP contribution in [0, 0.1) is 22.6 Å². The summed E-state index contributed by atoms with van der Waals surface area (Å²) in [5.74, 6) is -4.06. The van der Waals surface area contributed by atoms with Gasteiger partial charge in [-0.15, -0.1) is 0 Å². The molecule has 2 aliphatic heterocycles. The Balaban J connectivity index is 1.46. The van der Waals surface area contributed by atoms with Crippen molar-refractivity contribution in [2.24, 2.45) is 16.7 Å². The number of aliphatic hydroxyl groups is 1. The zero-order valence-corrected chi connectivity index (χ0v) is 46.7. The lowest BCUT2D eigenvalue weighted by Crippen LogP contribution is -2.79. The Morgan fingerprint density at radius 2 is 1.60 bits per heavy atom. The third-order valence-corrected chi connectivity index (χ3v) is 22.7. The van der Waals surface area contributed by atoms with E-state index in [1.807, 2.05) is 88.2 Å². The number of halogens is 1. The predicted molar refractivity (Wildman–Crippen MR) is 271 cm³/mol. The van der Waals surface area contributed by atoms with Gasteiger partial charge in [-0.05, 0) is 107 Å². The van der Waals surface area contributed by atoms with E-state index in [0.29, 0.717) is 30.5 Å². The molecule has 1 amide bonds. The molecule has 2 saturated carbocycles. The standard InChI is InChI=1S/C55H80FN3O13Si/c1-30(2)73(31(3)4,32(5)6)72-44(42(41-36(56)23-20-26-57-41)58-50(63)71-51(9,10)11)49(62)66-37-27-55(64)47(69-48(61)35-21-18-17-19-22-35)45-53(14,25-24-38-54(45,29-65-38)70-34(8)60)46-43(40(33(37)7)52(55,12)13)67-39(68-46)28-59(15)16/h17-23,26,30-32,37-39,42-47,64H,24-25,27-29H2,1-16H3,(H,58,63)/t37-,38?,39+,42-,43+,44+,45-,46+,47-,53+,54-,55+/m0/s1. The van der Waals surface area contributed by atoms with Gasteiger partial charge in [-0.1, -0.05) is 80.5 Å². The minimum Gasteiger partial charge on any atom is -0.456 e. The van der Waals surface area contributed by atoms with Crippen molar-refractivity contribution in [1.29, 1.82) is 0 Å². The summed E-state index contributed by atoms with van der Waals surface area (Å²) in [5, 5.41) is 17.1. The molecule has 0 radical (unpaired) electrons. The third-order valence-electron chi connectivity index (χ3n) is 16.7. The first-order chi connectivity index (χ1) is 33.9. The zero-order valence-electron chi connectivity index (χ0n) is 45.7. The van der Waals surface area contributed by atoms with Gasteiger partial charge in [0.1, 0.15) is 53.2 Å². The molecule has 73 heavy (non-hydrogen) atoms. The summed E-state index contributed by atoms with van der Waals surface area (Å²) >= 11 is 0. The molecule has 404 valence electrons. The van der Waals surface area contributed by atoms with Crippen LogP contribution < -0.4 is 5.32 Å². The predicted octanol–water partition coefficient (Wildman–Crippen LogP) is 8.76. The second kappa shape index (κ2) is 20.7. The molecule has 1 aromatic carbocycles. The van der Waals surface area contributed by atoms with Crippen LogP contribution in [0.1, 0.15) is 138 Å². The van der Waals surface area contributed by atoms with Crippen LogP contribution >= 0.6 is 0 Å². The largest absolute Gasteiger partial charge is 0.456 e. The fourth-order valence-electron chi connectivity index (χ4n) is 13.5. The lowest BCUT2D eigenvalue weighted by atomic mass is 9.45. The summed E-state index contributed by atoms with van der Waals surface area (Å²) in [7, 11) is 0.674. The van der Waals surface area contributed by atoms with Crippen LogP contribution in [-0.2, 0) is 47.2 Å². The number of carbonyl (C=O) groups is 4. The van der Waals surface area contributed by atoms with E-state index in [-0.39, 0.29) is 40.9 Å². The Hall–Kier alpha value is -4.30. The van der Waals surface area contributed by atoms with Gasteiger partial charge in [0, 0.05) is 36.9 Å². The number of nitrogens with one attached hydrogen (secondary N) is 1. The van der Waals surface area contributed by atoms with E-state index in [9.17, 15) is 19.5 Å². The Labute approximate surface area is 431 Å². The van der Waals surface area contributed by atoms with Gasteiger partial charge in [-0.3, -0.25) is 9.78 Å². The molecule has 12 atom stereocenters. The van der Waals surface area contributed by atoms with E-state index in [1.54, 1.807) is 51.1 Å². The third kappa shape index (κ3) is 10.1. The molecule has 5 aliphatic rings. The second-order valence-electron chi connectivity index (χ2n) is 24.0. The SMILES string of the molecule is CC(=O)O[C@@]12COC1CC[C@@]1(C)[C@@H]3O[C@H](CN(C)C)O[C@@H]3C3=C(C)[C@@H](OC(=O)[C@H](O[Si](C(C)C)(C(C)C)C(C)C)[C@@H](NC(=O)OC(C)(C)C)c4ncccc4F)C[C@@](O)([C@@H](OC(=O)c4ccccc4)[C@@H]12)C3(C)C. The summed E-state index contributed by atoms with van der Waals surface area (Å²) in [6, 6.07) is 9.46. The van der Waals surface area contributed by atoms with E-state index in [2.05, 4.69) is 10.3 Å². The molecular formula is C55H80FN3O13Si. The number of rotatable bonds is 15. The Bertz CT molecular complexity index is 2390. The highest BCUT2D eigenvalue weighted by Gasteiger charge is 2.77. The van der Waals surface area contributed by atoms with Gasteiger partial charge in [0.25, 0.3) is 0 Å². The zero-order chi connectivity index (χ0) is 54.0. The van der Waals surface area contributed by atoms with Crippen LogP contribution in [0.2, 0.25) is 16.6 Å². The number of esters is 3. The molecular weight excluding hydrogens is 958 g/mol. The molecule has 1 unspecified atom stereocenters. The van der Waals surface area contributed by atoms with Crippen LogP contribution in [0.5, 0.6) is 0 Å². The van der Waals surface area contributed by atoms with Crippen LogP contribution in [0.4, 0.5) is 9.18 Å². The summed E-state index contributed by atoms with van der Waals surface area (Å²) in [6.07, 6.45) is -6.48. The summed E-state index contributed by atoms with van der Waals surface area (Å²) in [6.45, 7) is 26.5. The summed E-state index contributed by atoms with van der Waals surface area (Å²) in [5.41, 5.74) is -6.04. The first kappa shape index (κ1) is 56.4. The number of carbonyl (C=O) groups excluding carboxylic acids is 4. The normalized spacial score (nSPS) is 31.6. The highest BCUT2D eigenvalue weighted by atomic mass is 28.4. The highest BCUT2D eigenvalue weighted by Crippen LogP contribution is 2.67. The molecule has 3 aliphatic carbocycles. The van der Waals surface area contributed by atoms with E-state index < -0.39 is 121 Å². The second-order valence-corrected chi connectivity index (χ2v) is 29.4. The molecule has 2 bridgehead atoms. The number of ether oxygens (including phenoxy) is 7. The minimum atomic E-state index is -3.14. The molecule has 2 saturated heterocycles. The lowest BCUT2D eigenvalue weighted by Gasteiger charge is -2.68. The molecule has 2 aromatic rings. The van der Waals surface area contributed by atoms with Crippen molar-refractivity contribution in [1.82, 2.24) is 15.2 Å². The fourth-order valence-corrected chi connectivity index (χ4v) is 19.0. The Morgan fingerprint density at radius 3 is 2.15 bits per heavy atom. The van der Waals surface area contributed by atoms with E-state index in [4.69, 9.17) is 37.6 Å². The van der Waals surface area contributed by atoms with Crippen molar-refractivity contribution in [2.75, 3.05) is 27.2 Å². The van der Waals surface area contributed by atoms with Gasteiger partial charge < -0.3 is 52.9 Å². The fraction of sp³-hybridized carbons (Fsp3) is 0.691. The molecule has 0 spiro atoms. The van der Waals surface area contributed by atoms with Gasteiger partial charge in [0.2, 0.25) is 8.32 Å². The van der Waals surface area contributed by atoms with Crippen LogP contribution in [0.15, 0.2) is 59.8 Å². The Kier molecular flexibility index (Phi) is 16.0. The van der Waals surface area contributed by atoms with Gasteiger partial charge in [0.15, 0.2) is 18.0 Å².